The van der Waals surface area contributed by atoms with Crippen LogP contribution in [0.2, 0.25) is 0 Å². The average molecular weight is 405 g/mol. The molecule has 0 unspecified atom stereocenters. The van der Waals surface area contributed by atoms with Crippen molar-refractivity contribution in [2.75, 3.05) is 27.5 Å². The van der Waals surface area contributed by atoms with Gasteiger partial charge in [0, 0.05) is 7.05 Å². The summed E-state index contributed by atoms with van der Waals surface area (Å²) >= 11 is 0. The van der Waals surface area contributed by atoms with Crippen molar-refractivity contribution in [3.63, 3.8) is 0 Å². The summed E-state index contributed by atoms with van der Waals surface area (Å²) < 4.78 is 41.5. The van der Waals surface area contributed by atoms with Crippen molar-refractivity contribution in [2.24, 2.45) is 5.10 Å². The largest absolute Gasteiger partial charge is 0.497 e. The van der Waals surface area contributed by atoms with Crippen molar-refractivity contribution in [3.8, 4) is 17.2 Å². The van der Waals surface area contributed by atoms with E-state index in [0.29, 0.717) is 22.8 Å². The summed E-state index contributed by atoms with van der Waals surface area (Å²) in [6.07, 6.45) is 1.43. The minimum atomic E-state index is -3.81. The van der Waals surface area contributed by atoms with Crippen LogP contribution in [0.5, 0.6) is 17.2 Å². The molecule has 0 spiro atoms. The maximum absolute atomic E-state index is 12.5. The minimum absolute atomic E-state index is 0.0625. The van der Waals surface area contributed by atoms with Crippen LogP contribution in [0, 0.1) is 0 Å². The molecule has 0 fully saturated rings. The molecule has 1 aliphatic heterocycles. The van der Waals surface area contributed by atoms with Crippen molar-refractivity contribution in [1.29, 1.82) is 0 Å². The van der Waals surface area contributed by atoms with E-state index in [9.17, 15) is 13.2 Å². The van der Waals surface area contributed by atoms with Gasteiger partial charge in [-0.15, -0.1) is 0 Å². The van der Waals surface area contributed by atoms with Crippen molar-refractivity contribution in [1.82, 2.24) is 9.73 Å². The van der Waals surface area contributed by atoms with E-state index in [4.69, 9.17) is 14.2 Å². The molecule has 3 rings (SSSR count). The van der Waals surface area contributed by atoms with Crippen LogP contribution >= 0.6 is 0 Å². The Morgan fingerprint density at radius 3 is 2.64 bits per heavy atom. The zero-order valence-corrected chi connectivity index (χ0v) is 16.1. The van der Waals surface area contributed by atoms with Crippen LogP contribution in [0.1, 0.15) is 5.56 Å². The number of amides is 1. The number of sulfonamides is 1. The second-order valence-corrected chi connectivity index (χ2v) is 7.89. The molecule has 1 N–H and O–H groups in total. The van der Waals surface area contributed by atoms with Gasteiger partial charge in [0.15, 0.2) is 11.5 Å². The molecule has 1 amide bonds. The lowest BCUT2D eigenvalue weighted by molar-refractivity contribution is -0.121. The molecule has 1 heterocycles. The fourth-order valence-corrected chi connectivity index (χ4v) is 3.55. The Bertz CT molecular complexity index is 989. The van der Waals surface area contributed by atoms with Gasteiger partial charge in [0.2, 0.25) is 16.8 Å². The highest BCUT2D eigenvalue weighted by Crippen LogP contribution is 2.31. The summed E-state index contributed by atoms with van der Waals surface area (Å²) in [5.74, 6) is 1.21. The molecular formula is C18H19N3O6S. The molecule has 0 bridgehead atoms. The van der Waals surface area contributed by atoms with Gasteiger partial charge in [-0.25, -0.2) is 13.8 Å². The molecule has 0 aliphatic carbocycles. The van der Waals surface area contributed by atoms with Gasteiger partial charge in [0.25, 0.3) is 5.91 Å². The van der Waals surface area contributed by atoms with E-state index in [1.807, 2.05) is 0 Å². The predicted octanol–water partition coefficient (Wildman–Crippen LogP) is 1.19. The number of carbonyl (C=O) groups excluding carboxylic acids is 1. The number of methoxy groups -OCH3 is 1. The van der Waals surface area contributed by atoms with Crippen LogP contribution in [0.4, 0.5) is 0 Å². The monoisotopic (exact) mass is 405 g/mol. The molecule has 2 aromatic carbocycles. The number of benzene rings is 2. The summed E-state index contributed by atoms with van der Waals surface area (Å²) in [5, 5.41) is 3.84. The number of rotatable bonds is 7. The number of hydrogen-bond acceptors (Lipinski definition) is 7. The number of hydrogen-bond donors (Lipinski definition) is 1. The first-order valence-electron chi connectivity index (χ1n) is 8.22. The van der Waals surface area contributed by atoms with Gasteiger partial charge in [-0.1, -0.05) is 0 Å². The first-order chi connectivity index (χ1) is 13.4. The van der Waals surface area contributed by atoms with Gasteiger partial charge in [-0.05, 0) is 48.0 Å². The molecule has 0 aromatic heterocycles. The van der Waals surface area contributed by atoms with E-state index in [-0.39, 0.29) is 18.2 Å². The third-order valence-electron chi connectivity index (χ3n) is 3.93. The average Bonchev–Trinajstić information content (AvgIpc) is 3.15. The molecular weight excluding hydrogens is 386 g/mol. The number of nitrogens with zero attached hydrogens (tertiary/aromatic N) is 2. The Kier molecular flexibility index (Phi) is 5.81. The van der Waals surface area contributed by atoms with Gasteiger partial charge in [-0.3, -0.25) is 4.79 Å². The van der Waals surface area contributed by atoms with Crippen molar-refractivity contribution >= 4 is 22.1 Å². The van der Waals surface area contributed by atoms with E-state index < -0.39 is 15.9 Å². The molecule has 0 atom stereocenters. The second kappa shape index (κ2) is 8.28. The van der Waals surface area contributed by atoms with Crippen molar-refractivity contribution in [2.45, 2.75) is 4.90 Å². The van der Waals surface area contributed by atoms with Crippen LogP contribution in [-0.4, -0.2) is 52.3 Å². The number of nitrogens with one attached hydrogen (secondary N) is 1. The quantitative estimate of drug-likeness (QED) is 0.548. The maximum atomic E-state index is 12.5. The third-order valence-corrected chi connectivity index (χ3v) is 5.75. The molecule has 2 aromatic rings. The second-order valence-electron chi connectivity index (χ2n) is 5.84. The van der Waals surface area contributed by atoms with E-state index >= 15 is 0 Å². The Morgan fingerprint density at radius 2 is 1.93 bits per heavy atom. The van der Waals surface area contributed by atoms with Crippen LogP contribution < -0.4 is 19.6 Å². The predicted molar refractivity (Wildman–Crippen MR) is 101 cm³/mol. The summed E-state index contributed by atoms with van der Waals surface area (Å²) in [7, 11) is -0.998. The molecule has 0 radical (unpaired) electrons. The molecule has 0 saturated carbocycles. The van der Waals surface area contributed by atoms with Crippen molar-refractivity contribution in [3.05, 3.63) is 48.0 Å². The molecule has 28 heavy (non-hydrogen) atoms. The van der Waals surface area contributed by atoms with Gasteiger partial charge in [0.05, 0.1) is 24.8 Å². The smallest absolute Gasteiger partial charge is 0.255 e. The van der Waals surface area contributed by atoms with E-state index in [1.54, 1.807) is 18.2 Å². The van der Waals surface area contributed by atoms with Gasteiger partial charge in [-0.2, -0.15) is 9.41 Å². The SMILES string of the molecule is COc1ccc(S(=O)(=O)N(C)CC(=O)N/N=C\c2ccc3c(c2)OCO3)cc1. The lowest BCUT2D eigenvalue weighted by atomic mass is 10.2. The number of fused-ring (bicyclic) bond motifs is 1. The first-order valence-corrected chi connectivity index (χ1v) is 9.66. The molecule has 10 heteroatoms. The van der Waals surface area contributed by atoms with Gasteiger partial charge >= 0.3 is 0 Å². The van der Waals surface area contributed by atoms with Crippen LogP contribution in [0.25, 0.3) is 0 Å². The first kappa shape index (κ1) is 19.6. The highest BCUT2D eigenvalue weighted by atomic mass is 32.2. The summed E-state index contributed by atoms with van der Waals surface area (Å²) in [6.45, 7) is -0.214. The fraction of sp³-hybridized carbons (Fsp3) is 0.222. The topological polar surface area (TPSA) is 107 Å². The highest BCUT2D eigenvalue weighted by Gasteiger charge is 2.22. The zero-order valence-electron chi connectivity index (χ0n) is 15.3. The van der Waals surface area contributed by atoms with E-state index in [2.05, 4.69) is 10.5 Å². The summed E-state index contributed by atoms with van der Waals surface area (Å²) in [6, 6.07) is 11.1. The highest BCUT2D eigenvalue weighted by molar-refractivity contribution is 7.89. The lowest BCUT2D eigenvalue weighted by Crippen LogP contribution is -2.36. The molecule has 9 nitrogen and oxygen atoms in total. The van der Waals surface area contributed by atoms with E-state index in [1.165, 1.54) is 44.6 Å². The Labute approximate surface area is 162 Å². The van der Waals surface area contributed by atoms with Crippen LogP contribution in [0.3, 0.4) is 0 Å². The lowest BCUT2D eigenvalue weighted by Gasteiger charge is -2.16. The number of likely N-dealkylation sites (N-methyl/N-ethyl adjacent to an activating group) is 1. The van der Waals surface area contributed by atoms with Gasteiger partial charge < -0.3 is 14.2 Å². The normalized spacial score (nSPS) is 13.1. The maximum Gasteiger partial charge on any atom is 0.255 e. The Morgan fingerprint density at radius 1 is 1.21 bits per heavy atom. The zero-order chi connectivity index (χ0) is 20.1. The number of hydrazone groups is 1. The Balaban J connectivity index is 1.57. The summed E-state index contributed by atoms with van der Waals surface area (Å²) in [4.78, 5) is 12.1. The number of ether oxygens (including phenoxy) is 3. The fourth-order valence-electron chi connectivity index (χ4n) is 2.42. The third kappa shape index (κ3) is 4.41. The number of carbonyl (C=O) groups is 1. The molecule has 1 aliphatic rings. The van der Waals surface area contributed by atoms with Gasteiger partial charge in [0.1, 0.15) is 5.75 Å². The molecule has 148 valence electrons. The minimum Gasteiger partial charge on any atom is -0.497 e. The Hall–Kier alpha value is -3.11. The van der Waals surface area contributed by atoms with Crippen LogP contribution in [0.15, 0.2) is 52.5 Å². The van der Waals surface area contributed by atoms with E-state index in [0.717, 1.165) is 4.31 Å². The standard InChI is InChI=1S/C18H19N3O6S/c1-21(28(23,24)15-6-4-14(25-2)5-7-15)11-18(22)20-19-10-13-3-8-16-17(9-13)27-12-26-16/h3-10H,11-12H2,1-2H3,(H,20,22)/b19-10-. The van der Waals surface area contributed by atoms with Crippen LogP contribution in [-0.2, 0) is 14.8 Å². The molecule has 0 saturated heterocycles. The summed E-state index contributed by atoms with van der Waals surface area (Å²) in [5.41, 5.74) is 3.00. The van der Waals surface area contributed by atoms with Crippen molar-refractivity contribution < 1.29 is 27.4 Å².